The van der Waals surface area contributed by atoms with Gasteiger partial charge < -0.3 is 10.1 Å². The summed E-state index contributed by atoms with van der Waals surface area (Å²) in [5.74, 6) is -0.934. The topological polar surface area (TPSA) is 55.4 Å². The molecule has 0 spiro atoms. The third-order valence-electron chi connectivity index (χ3n) is 3.07. The molecule has 4 nitrogen and oxygen atoms in total. The second-order valence-corrected chi connectivity index (χ2v) is 5.22. The molecule has 1 atom stereocenters. The van der Waals surface area contributed by atoms with Gasteiger partial charge in [-0.1, -0.05) is 48.0 Å². The molecule has 0 fully saturated rings. The second-order valence-electron chi connectivity index (χ2n) is 4.79. The highest BCUT2D eigenvalue weighted by molar-refractivity contribution is 6.30. The molecule has 0 heterocycles. The number of hydrogen-bond donors (Lipinski definition) is 1. The van der Waals surface area contributed by atoms with E-state index in [1.807, 2.05) is 37.3 Å². The summed E-state index contributed by atoms with van der Waals surface area (Å²) >= 11 is 5.80. The van der Waals surface area contributed by atoms with Crippen molar-refractivity contribution >= 4 is 23.5 Å². The lowest BCUT2D eigenvalue weighted by molar-refractivity contribution is -0.124. The molecule has 0 bridgehead atoms. The maximum Gasteiger partial charge on any atom is 0.338 e. The van der Waals surface area contributed by atoms with E-state index < -0.39 is 5.97 Å². The molecule has 1 N–H and O–H groups in total. The maximum absolute atomic E-state index is 11.8. The molecule has 2 aromatic carbocycles. The van der Waals surface area contributed by atoms with Crippen molar-refractivity contribution < 1.29 is 14.3 Å². The van der Waals surface area contributed by atoms with Crippen LogP contribution in [0.1, 0.15) is 28.9 Å². The first-order valence-electron chi connectivity index (χ1n) is 6.83. The van der Waals surface area contributed by atoms with Crippen LogP contribution in [0.25, 0.3) is 0 Å². The zero-order valence-electron chi connectivity index (χ0n) is 12.1. The number of benzene rings is 2. The summed E-state index contributed by atoms with van der Waals surface area (Å²) < 4.78 is 4.97. The lowest BCUT2D eigenvalue weighted by atomic mass is 10.1. The van der Waals surface area contributed by atoms with Gasteiger partial charge in [0.15, 0.2) is 6.61 Å². The maximum atomic E-state index is 11.8. The van der Waals surface area contributed by atoms with E-state index >= 15 is 0 Å². The van der Waals surface area contributed by atoms with E-state index in [0.717, 1.165) is 5.56 Å². The van der Waals surface area contributed by atoms with Gasteiger partial charge in [0.25, 0.3) is 5.91 Å². The third-order valence-corrected chi connectivity index (χ3v) is 3.31. The molecule has 2 aromatic rings. The lowest BCUT2D eigenvalue weighted by Gasteiger charge is -2.14. The van der Waals surface area contributed by atoms with Crippen molar-refractivity contribution in [2.75, 3.05) is 6.61 Å². The Morgan fingerprint density at radius 3 is 2.55 bits per heavy atom. The fourth-order valence-corrected chi connectivity index (χ4v) is 2.13. The van der Waals surface area contributed by atoms with Gasteiger partial charge in [-0.2, -0.15) is 0 Å². The Hall–Kier alpha value is -2.33. The van der Waals surface area contributed by atoms with Crippen molar-refractivity contribution in [2.24, 2.45) is 0 Å². The van der Waals surface area contributed by atoms with Gasteiger partial charge in [0.2, 0.25) is 0 Å². The smallest absolute Gasteiger partial charge is 0.338 e. The fourth-order valence-electron chi connectivity index (χ4n) is 1.94. The summed E-state index contributed by atoms with van der Waals surface area (Å²) in [6.45, 7) is 1.54. The molecule has 0 unspecified atom stereocenters. The molecule has 0 aliphatic carbocycles. The first-order chi connectivity index (χ1) is 10.6. The van der Waals surface area contributed by atoms with Crippen LogP contribution < -0.4 is 5.32 Å². The first-order valence-corrected chi connectivity index (χ1v) is 7.21. The molecule has 0 saturated heterocycles. The summed E-state index contributed by atoms with van der Waals surface area (Å²) in [4.78, 5) is 23.6. The van der Waals surface area contributed by atoms with E-state index in [2.05, 4.69) is 5.32 Å². The quantitative estimate of drug-likeness (QED) is 0.860. The Labute approximate surface area is 134 Å². The standard InChI is InChI=1S/C17H16ClNO3/c1-12(13-6-3-2-4-7-13)19-16(20)11-22-17(21)14-8-5-9-15(18)10-14/h2-10,12H,11H2,1H3,(H,19,20)/t12-/m1/s1. The van der Waals surface area contributed by atoms with Crippen LogP contribution >= 0.6 is 11.6 Å². The summed E-state index contributed by atoms with van der Waals surface area (Å²) in [7, 11) is 0. The Morgan fingerprint density at radius 2 is 1.86 bits per heavy atom. The van der Waals surface area contributed by atoms with Crippen molar-refractivity contribution in [3.05, 3.63) is 70.7 Å². The predicted molar refractivity (Wildman–Crippen MR) is 84.7 cm³/mol. The van der Waals surface area contributed by atoms with E-state index in [-0.39, 0.29) is 18.6 Å². The van der Waals surface area contributed by atoms with Crippen LogP contribution in [0.4, 0.5) is 0 Å². The Morgan fingerprint density at radius 1 is 1.14 bits per heavy atom. The van der Waals surface area contributed by atoms with Crippen molar-refractivity contribution in [2.45, 2.75) is 13.0 Å². The molecule has 5 heteroatoms. The SMILES string of the molecule is C[C@@H](NC(=O)COC(=O)c1cccc(Cl)c1)c1ccccc1. The number of halogens is 1. The van der Waals surface area contributed by atoms with Crippen LogP contribution in [0.2, 0.25) is 5.02 Å². The van der Waals surface area contributed by atoms with E-state index in [9.17, 15) is 9.59 Å². The number of ether oxygens (including phenoxy) is 1. The molecule has 0 saturated carbocycles. The average molecular weight is 318 g/mol. The van der Waals surface area contributed by atoms with Crippen LogP contribution in [0.15, 0.2) is 54.6 Å². The minimum atomic E-state index is -0.579. The average Bonchev–Trinajstić information content (AvgIpc) is 2.53. The van der Waals surface area contributed by atoms with Crippen molar-refractivity contribution in [1.82, 2.24) is 5.32 Å². The number of carbonyl (C=O) groups excluding carboxylic acids is 2. The molecule has 0 aliphatic rings. The number of rotatable bonds is 5. The molecule has 2 rings (SSSR count). The van der Waals surface area contributed by atoms with E-state index in [4.69, 9.17) is 16.3 Å². The van der Waals surface area contributed by atoms with E-state index in [1.54, 1.807) is 18.2 Å². The zero-order valence-corrected chi connectivity index (χ0v) is 12.8. The summed E-state index contributed by atoms with van der Waals surface area (Å²) in [6, 6.07) is 15.8. The summed E-state index contributed by atoms with van der Waals surface area (Å²) in [6.07, 6.45) is 0. The molecule has 0 aliphatic heterocycles. The van der Waals surface area contributed by atoms with E-state index in [0.29, 0.717) is 10.6 Å². The van der Waals surface area contributed by atoms with Gasteiger partial charge in [0.1, 0.15) is 0 Å². The van der Waals surface area contributed by atoms with Gasteiger partial charge in [-0.25, -0.2) is 4.79 Å². The van der Waals surface area contributed by atoms with Crippen LogP contribution in [-0.2, 0) is 9.53 Å². The van der Waals surface area contributed by atoms with Crippen LogP contribution in [0, 0.1) is 0 Å². The molecule has 114 valence electrons. The highest BCUT2D eigenvalue weighted by Crippen LogP contribution is 2.12. The molecule has 0 aromatic heterocycles. The van der Waals surface area contributed by atoms with Crippen LogP contribution in [-0.4, -0.2) is 18.5 Å². The molecular formula is C17H16ClNO3. The molecule has 1 amide bonds. The molecule has 22 heavy (non-hydrogen) atoms. The summed E-state index contributed by atoms with van der Waals surface area (Å²) in [5, 5.41) is 3.21. The summed E-state index contributed by atoms with van der Waals surface area (Å²) in [5.41, 5.74) is 1.30. The zero-order chi connectivity index (χ0) is 15.9. The normalized spacial score (nSPS) is 11.5. The predicted octanol–water partition coefficient (Wildman–Crippen LogP) is 3.37. The van der Waals surface area contributed by atoms with E-state index in [1.165, 1.54) is 6.07 Å². The fraction of sp³-hybridized carbons (Fsp3) is 0.176. The monoisotopic (exact) mass is 317 g/mol. The minimum absolute atomic E-state index is 0.154. The van der Waals surface area contributed by atoms with Crippen LogP contribution in [0.3, 0.4) is 0 Å². The number of carbonyl (C=O) groups is 2. The van der Waals surface area contributed by atoms with Crippen molar-refractivity contribution in [1.29, 1.82) is 0 Å². The molecule has 0 radical (unpaired) electrons. The van der Waals surface area contributed by atoms with Crippen LogP contribution in [0.5, 0.6) is 0 Å². The lowest BCUT2D eigenvalue weighted by Crippen LogP contribution is -2.31. The van der Waals surface area contributed by atoms with Gasteiger partial charge in [-0.15, -0.1) is 0 Å². The third kappa shape index (κ3) is 4.60. The highest BCUT2D eigenvalue weighted by atomic mass is 35.5. The highest BCUT2D eigenvalue weighted by Gasteiger charge is 2.13. The van der Waals surface area contributed by atoms with Gasteiger partial charge in [0, 0.05) is 5.02 Å². The van der Waals surface area contributed by atoms with Gasteiger partial charge in [-0.3, -0.25) is 4.79 Å². The largest absolute Gasteiger partial charge is 0.452 e. The number of amides is 1. The number of nitrogens with one attached hydrogen (secondary N) is 1. The number of esters is 1. The van der Waals surface area contributed by atoms with Gasteiger partial charge in [-0.05, 0) is 30.7 Å². The molecular weight excluding hydrogens is 302 g/mol. The Kier molecular flexibility index (Phi) is 5.55. The number of hydrogen-bond acceptors (Lipinski definition) is 3. The Bertz CT molecular complexity index is 658. The minimum Gasteiger partial charge on any atom is -0.452 e. The van der Waals surface area contributed by atoms with Crippen molar-refractivity contribution in [3.8, 4) is 0 Å². The first kappa shape index (κ1) is 16.0. The van der Waals surface area contributed by atoms with Gasteiger partial charge >= 0.3 is 5.97 Å². The Balaban J connectivity index is 1.84. The van der Waals surface area contributed by atoms with Crippen molar-refractivity contribution in [3.63, 3.8) is 0 Å². The second kappa shape index (κ2) is 7.61. The van der Waals surface area contributed by atoms with Gasteiger partial charge in [0.05, 0.1) is 11.6 Å².